The Morgan fingerprint density at radius 3 is 2.36 bits per heavy atom. The number of hydrogen-bond donors (Lipinski definition) is 1. The highest BCUT2D eigenvalue weighted by Gasteiger charge is 2.23. The van der Waals surface area contributed by atoms with Gasteiger partial charge in [-0.05, 0) is 37.6 Å². The molecular weight excluding hydrogens is 305 g/mol. The van der Waals surface area contributed by atoms with Crippen molar-refractivity contribution in [2.45, 2.75) is 24.8 Å². The molecule has 0 spiro atoms. The van der Waals surface area contributed by atoms with Crippen molar-refractivity contribution in [2.75, 3.05) is 7.11 Å². The first-order valence-corrected chi connectivity index (χ1v) is 8.24. The van der Waals surface area contributed by atoms with Crippen molar-refractivity contribution in [1.29, 1.82) is 0 Å². The van der Waals surface area contributed by atoms with Gasteiger partial charge in [-0.3, -0.25) is 0 Å². The molecule has 4 nitrogen and oxygen atoms in total. The molecule has 1 N–H and O–H groups in total. The molecule has 0 heterocycles. The number of methoxy groups -OCH3 is 1. The average molecular weight is 323 g/mol. The number of hydrogen-bond acceptors (Lipinski definition) is 3. The summed E-state index contributed by atoms with van der Waals surface area (Å²) < 4.78 is 45.8. The van der Waals surface area contributed by atoms with Gasteiger partial charge in [0.2, 0.25) is 10.0 Å². The maximum Gasteiger partial charge on any atom is 0.244 e. The predicted octanol–water partition coefficient (Wildman–Crippen LogP) is 3.18. The molecule has 0 radical (unpaired) electrons. The van der Waals surface area contributed by atoms with E-state index in [4.69, 9.17) is 4.74 Å². The second-order valence-electron chi connectivity index (χ2n) is 5.05. The molecule has 22 heavy (non-hydrogen) atoms. The van der Waals surface area contributed by atoms with Crippen molar-refractivity contribution >= 4 is 10.0 Å². The van der Waals surface area contributed by atoms with Gasteiger partial charge in [-0.2, -0.15) is 0 Å². The molecule has 2 aromatic carbocycles. The Morgan fingerprint density at radius 1 is 1.14 bits per heavy atom. The number of ether oxygens (including phenoxy) is 1. The van der Waals surface area contributed by atoms with Gasteiger partial charge in [-0.1, -0.05) is 29.8 Å². The predicted molar refractivity (Wildman–Crippen MR) is 82.9 cm³/mol. The van der Waals surface area contributed by atoms with Crippen molar-refractivity contribution in [3.8, 4) is 5.75 Å². The number of nitrogens with one attached hydrogen (secondary N) is 1. The summed E-state index contributed by atoms with van der Waals surface area (Å²) >= 11 is 0. The molecule has 0 amide bonds. The SMILES string of the molecule is COc1ccc(F)cc1S(=O)(=O)NC(C)c1ccc(C)cc1. The Morgan fingerprint density at radius 2 is 1.77 bits per heavy atom. The van der Waals surface area contributed by atoms with Crippen LogP contribution in [0.2, 0.25) is 0 Å². The molecule has 118 valence electrons. The van der Waals surface area contributed by atoms with E-state index < -0.39 is 21.9 Å². The summed E-state index contributed by atoms with van der Waals surface area (Å²) in [7, 11) is -2.56. The molecule has 6 heteroatoms. The van der Waals surface area contributed by atoms with Gasteiger partial charge >= 0.3 is 0 Å². The standard InChI is InChI=1S/C16H18FNO3S/c1-11-4-6-13(7-5-11)12(2)18-22(19,20)16-10-14(17)8-9-15(16)21-3/h4-10,12,18H,1-3H3. The molecule has 0 saturated carbocycles. The van der Waals surface area contributed by atoms with E-state index in [1.54, 1.807) is 6.92 Å². The van der Waals surface area contributed by atoms with Crippen LogP contribution in [0.3, 0.4) is 0 Å². The Labute approximate surface area is 130 Å². The number of aryl methyl sites for hydroxylation is 1. The van der Waals surface area contributed by atoms with Gasteiger partial charge in [0.05, 0.1) is 7.11 Å². The van der Waals surface area contributed by atoms with Crippen molar-refractivity contribution in [1.82, 2.24) is 4.72 Å². The second kappa shape index (κ2) is 6.46. The van der Waals surface area contributed by atoms with E-state index in [9.17, 15) is 12.8 Å². The summed E-state index contributed by atoms with van der Waals surface area (Å²) in [6, 6.07) is 10.5. The first-order valence-electron chi connectivity index (χ1n) is 6.76. The fourth-order valence-corrected chi connectivity index (χ4v) is 3.49. The summed E-state index contributed by atoms with van der Waals surface area (Å²) in [4.78, 5) is -0.214. The summed E-state index contributed by atoms with van der Waals surface area (Å²) in [5.41, 5.74) is 1.91. The smallest absolute Gasteiger partial charge is 0.244 e. The number of benzene rings is 2. The van der Waals surface area contributed by atoms with Crippen LogP contribution in [0.15, 0.2) is 47.4 Å². The molecule has 0 fully saturated rings. The van der Waals surface area contributed by atoms with E-state index in [1.165, 1.54) is 13.2 Å². The Kier molecular flexibility index (Phi) is 4.83. The van der Waals surface area contributed by atoms with Crippen LogP contribution in [0.5, 0.6) is 5.75 Å². The highest BCUT2D eigenvalue weighted by Crippen LogP contribution is 2.26. The Hall–Kier alpha value is -1.92. The lowest BCUT2D eigenvalue weighted by atomic mass is 10.1. The summed E-state index contributed by atoms with van der Waals surface area (Å²) in [6.45, 7) is 3.68. The molecule has 2 rings (SSSR count). The van der Waals surface area contributed by atoms with Crippen LogP contribution in [-0.2, 0) is 10.0 Å². The van der Waals surface area contributed by atoms with E-state index in [0.717, 1.165) is 23.3 Å². The van der Waals surface area contributed by atoms with Crippen LogP contribution in [0.25, 0.3) is 0 Å². The molecule has 1 unspecified atom stereocenters. The Balaban J connectivity index is 2.31. The minimum atomic E-state index is -3.90. The van der Waals surface area contributed by atoms with Crippen LogP contribution >= 0.6 is 0 Å². The van der Waals surface area contributed by atoms with Crippen molar-refractivity contribution in [2.24, 2.45) is 0 Å². The summed E-state index contributed by atoms with van der Waals surface area (Å²) in [6.07, 6.45) is 0. The number of halogens is 1. The largest absolute Gasteiger partial charge is 0.495 e. The normalized spacial score (nSPS) is 12.9. The highest BCUT2D eigenvalue weighted by molar-refractivity contribution is 7.89. The van der Waals surface area contributed by atoms with Gasteiger partial charge in [-0.15, -0.1) is 0 Å². The molecule has 0 saturated heterocycles. The van der Waals surface area contributed by atoms with Crippen molar-refractivity contribution in [3.63, 3.8) is 0 Å². The molecule has 0 aromatic heterocycles. The number of rotatable bonds is 5. The fraction of sp³-hybridized carbons (Fsp3) is 0.250. The zero-order chi connectivity index (χ0) is 16.3. The van der Waals surface area contributed by atoms with E-state index in [0.29, 0.717) is 0 Å². The van der Waals surface area contributed by atoms with Gasteiger partial charge in [0.1, 0.15) is 16.5 Å². The fourth-order valence-electron chi connectivity index (χ4n) is 2.08. The van der Waals surface area contributed by atoms with Gasteiger partial charge < -0.3 is 4.74 Å². The average Bonchev–Trinajstić information content (AvgIpc) is 2.47. The molecule has 0 bridgehead atoms. The molecular formula is C16H18FNO3S. The number of sulfonamides is 1. The van der Waals surface area contributed by atoms with Crippen LogP contribution in [0, 0.1) is 12.7 Å². The van der Waals surface area contributed by atoms with Crippen LogP contribution < -0.4 is 9.46 Å². The van der Waals surface area contributed by atoms with Gasteiger partial charge in [0, 0.05) is 6.04 Å². The summed E-state index contributed by atoms with van der Waals surface area (Å²) in [5.74, 6) is -0.533. The van der Waals surface area contributed by atoms with Crippen LogP contribution in [-0.4, -0.2) is 15.5 Å². The third-order valence-electron chi connectivity index (χ3n) is 3.32. The third kappa shape index (κ3) is 3.64. The van der Waals surface area contributed by atoms with E-state index in [1.807, 2.05) is 31.2 Å². The van der Waals surface area contributed by atoms with Gasteiger partial charge in [0.15, 0.2) is 0 Å². The van der Waals surface area contributed by atoms with Crippen molar-refractivity contribution in [3.05, 3.63) is 59.4 Å². The molecule has 1 atom stereocenters. The van der Waals surface area contributed by atoms with Gasteiger partial charge in [-0.25, -0.2) is 17.5 Å². The molecule has 0 aliphatic carbocycles. The molecule has 0 aliphatic rings. The zero-order valence-corrected chi connectivity index (χ0v) is 13.4. The maximum atomic E-state index is 13.4. The monoisotopic (exact) mass is 323 g/mol. The Bertz CT molecular complexity index is 757. The van der Waals surface area contributed by atoms with E-state index in [2.05, 4.69) is 4.72 Å². The second-order valence-corrected chi connectivity index (χ2v) is 6.73. The molecule has 0 aliphatic heterocycles. The van der Waals surface area contributed by atoms with Crippen LogP contribution in [0.1, 0.15) is 24.1 Å². The lowest BCUT2D eigenvalue weighted by Crippen LogP contribution is -2.27. The van der Waals surface area contributed by atoms with Gasteiger partial charge in [0.25, 0.3) is 0 Å². The van der Waals surface area contributed by atoms with E-state index >= 15 is 0 Å². The van der Waals surface area contributed by atoms with Crippen LogP contribution in [0.4, 0.5) is 4.39 Å². The topological polar surface area (TPSA) is 55.4 Å². The first-order chi connectivity index (χ1) is 10.3. The lowest BCUT2D eigenvalue weighted by molar-refractivity contribution is 0.400. The molecule has 2 aromatic rings. The minimum Gasteiger partial charge on any atom is -0.495 e. The van der Waals surface area contributed by atoms with E-state index in [-0.39, 0.29) is 10.6 Å². The third-order valence-corrected chi connectivity index (χ3v) is 4.89. The maximum absolute atomic E-state index is 13.4. The summed E-state index contributed by atoms with van der Waals surface area (Å²) in [5, 5.41) is 0. The lowest BCUT2D eigenvalue weighted by Gasteiger charge is -2.16. The minimum absolute atomic E-state index is 0.102. The quantitative estimate of drug-likeness (QED) is 0.919. The van der Waals surface area contributed by atoms with Crippen molar-refractivity contribution < 1.29 is 17.5 Å². The first kappa shape index (κ1) is 16.5. The zero-order valence-electron chi connectivity index (χ0n) is 12.6. The highest BCUT2D eigenvalue weighted by atomic mass is 32.2.